The van der Waals surface area contributed by atoms with Crippen molar-refractivity contribution < 1.29 is 28.5 Å². The summed E-state index contributed by atoms with van der Waals surface area (Å²) in [5, 5.41) is 14.6. The molecule has 0 aliphatic carbocycles. The Kier molecular flexibility index (Phi) is 13.5. The number of anilines is 6. The summed E-state index contributed by atoms with van der Waals surface area (Å²) in [7, 11) is 0.836. The zero-order valence-corrected chi connectivity index (χ0v) is 44.3. The van der Waals surface area contributed by atoms with Gasteiger partial charge in [0.05, 0.1) is 42.0 Å². The predicted molar refractivity (Wildman–Crippen MR) is 293 cm³/mol. The molecular weight excluding hydrogens is 989 g/mol. The van der Waals surface area contributed by atoms with Crippen LogP contribution in [0.15, 0.2) is 97.5 Å². The molecule has 0 radical (unpaired) electrons. The number of nitrogens with one attached hydrogen (secondary N) is 3. The Morgan fingerprint density at radius 3 is 2.27 bits per heavy atom. The van der Waals surface area contributed by atoms with Gasteiger partial charge in [-0.2, -0.15) is 10.1 Å². The van der Waals surface area contributed by atoms with Crippen LogP contribution in [0, 0.1) is 5.41 Å². The quantitative estimate of drug-likeness (QED) is 0.0780. The molecule has 3 N–H and O–H groups in total. The van der Waals surface area contributed by atoms with Crippen molar-refractivity contribution in [2.45, 2.75) is 63.5 Å². The van der Waals surface area contributed by atoms with E-state index >= 15 is 0 Å². The van der Waals surface area contributed by atoms with Crippen LogP contribution in [-0.4, -0.2) is 125 Å². The van der Waals surface area contributed by atoms with E-state index in [0.717, 1.165) is 110 Å². The average Bonchev–Trinajstić information content (AvgIpc) is 3.96. The minimum Gasteiger partial charge on any atom is -0.494 e. The minimum absolute atomic E-state index is 0.0859. The van der Waals surface area contributed by atoms with Gasteiger partial charge in [-0.15, -0.1) is 0 Å². The first kappa shape index (κ1) is 50.1. The van der Waals surface area contributed by atoms with Gasteiger partial charge in [0.25, 0.3) is 11.8 Å². The number of nitrogens with zero attached hydrogens (tertiary/aromatic N) is 8. The van der Waals surface area contributed by atoms with Crippen LogP contribution in [0.3, 0.4) is 0 Å². The van der Waals surface area contributed by atoms with Crippen LogP contribution >= 0.6 is 18.7 Å². The molecule has 7 heterocycles. The molecule has 2 aromatic heterocycles. The summed E-state index contributed by atoms with van der Waals surface area (Å²) in [5.74, 6) is -0.673. The van der Waals surface area contributed by atoms with Gasteiger partial charge in [-0.1, -0.05) is 48.0 Å². The summed E-state index contributed by atoms with van der Waals surface area (Å²) in [4.78, 5) is 69.2. The molecule has 17 nitrogen and oxygen atoms in total. The van der Waals surface area contributed by atoms with Gasteiger partial charge < -0.3 is 29.7 Å². The molecule has 11 rings (SSSR count). The number of rotatable bonds is 12. The molecule has 4 aromatic carbocycles. The Bertz CT molecular complexity index is 3270. The molecule has 5 aliphatic rings. The number of carbonyl (C=O) groups excluding carboxylic acids is 4. The number of imide groups is 2. The smallest absolute Gasteiger partial charge is 0.262 e. The molecule has 5 aliphatic heterocycles. The number of ether oxygens (including phenoxy) is 1. The van der Waals surface area contributed by atoms with Crippen molar-refractivity contribution in [3.63, 3.8) is 0 Å². The lowest BCUT2D eigenvalue weighted by atomic mass is 9.71. The van der Waals surface area contributed by atoms with Gasteiger partial charge in [0.2, 0.25) is 17.8 Å². The Morgan fingerprint density at radius 2 is 1.55 bits per heavy atom. The molecule has 19 heteroatoms. The number of likely N-dealkylation sites (tertiary alicyclic amines) is 1. The highest BCUT2D eigenvalue weighted by Crippen LogP contribution is 2.47. The maximum atomic E-state index is 13.7. The molecule has 0 bridgehead atoms. The molecule has 0 saturated carbocycles. The van der Waals surface area contributed by atoms with E-state index in [9.17, 15) is 23.7 Å². The van der Waals surface area contributed by atoms with Crippen molar-refractivity contribution in [1.82, 2.24) is 34.9 Å². The zero-order chi connectivity index (χ0) is 52.2. The second-order valence-corrected chi connectivity index (χ2v) is 24.6. The maximum absolute atomic E-state index is 13.7. The second-order valence-electron chi connectivity index (χ2n) is 21.0. The molecule has 6 aromatic rings. The number of benzene rings is 4. The van der Waals surface area contributed by atoms with E-state index < -0.39 is 36.8 Å². The van der Waals surface area contributed by atoms with Crippen LogP contribution in [0.4, 0.5) is 34.5 Å². The lowest BCUT2D eigenvalue weighted by Crippen LogP contribution is -2.54. The van der Waals surface area contributed by atoms with Crippen molar-refractivity contribution in [2.75, 3.05) is 80.1 Å². The molecule has 1 spiro atoms. The highest BCUT2D eigenvalue weighted by molar-refractivity contribution is 7.70. The highest BCUT2D eigenvalue weighted by atomic mass is 35.5. The van der Waals surface area contributed by atoms with E-state index in [4.69, 9.17) is 21.3 Å². The summed E-state index contributed by atoms with van der Waals surface area (Å²) >= 11 is 6.73. The average molecular weight is 1050 g/mol. The molecule has 4 fully saturated rings. The number of fused-ring (bicyclic) bond motifs is 1. The number of aromatic nitrogens is 4. The number of hydrogen-bond donors (Lipinski definition) is 3. The van der Waals surface area contributed by atoms with Crippen LogP contribution in [0.2, 0.25) is 5.02 Å². The summed E-state index contributed by atoms with van der Waals surface area (Å²) in [5.41, 5.74) is 8.07. The van der Waals surface area contributed by atoms with Crippen LogP contribution in [0.1, 0.15) is 72.1 Å². The minimum atomic E-state index is -2.75. The van der Waals surface area contributed by atoms with E-state index in [0.29, 0.717) is 56.4 Å². The maximum Gasteiger partial charge on any atom is 0.262 e. The lowest BCUT2D eigenvalue weighted by Gasteiger charge is -2.51. The fourth-order valence-corrected chi connectivity index (χ4v) is 13.2. The first-order valence-corrected chi connectivity index (χ1v) is 28.7. The van der Waals surface area contributed by atoms with Gasteiger partial charge in [0.1, 0.15) is 24.0 Å². The number of halogens is 1. The van der Waals surface area contributed by atoms with Gasteiger partial charge in [-0.25, -0.2) is 4.98 Å². The van der Waals surface area contributed by atoms with Crippen molar-refractivity contribution >= 4 is 82.2 Å². The normalized spacial score (nSPS) is 19.4. The SMILES string of the molecule is COc1cc(N2CCC3(CCCN(C4CCN(c5ccc6c(c5)C(=O)N(C5CCC(=O)NC5=O)C6=O)CC4)C3)CC2)c(-c2cnn(C)c2)cc1Nc1ncc(Cl)c(Nc2ccc(-c3ccccc3)cc2P(C)(C)=O)n1. The topological polar surface area (TPSA) is 187 Å². The number of amides is 4. The van der Waals surface area contributed by atoms with Gasteiger partial charge in [-0.05, 0) is 118 Å². The van der Waals surface area contributed by atoms with E-state index in [-0.39, 0.29) is 18.3 Å². The molecule has 1 atom stereocenters. The first-order valence-electron chi connectivity index (χ1n) is 25.8. The van der Waals surface area contributed by atoms with Crippen LogP contribution < -0.4 is 35.8 Å². The van der Waals surface area contributed by atoms with Crippen molar-refractivity contribution in [3.05, 3.63) is 114 Å². The van der Waals surface area contributed by atoms with Crippen LogP contribution in [0.5, 0.6) is 5.75 Å². The van der Waals surface area contributed by atoms with E-state index in [1.165, 1.54) is 6.42 Å². The number of aryl methyl sites for hydroxylation is 1. The third-order valence-corrected chi connectivity index (χ3v) is 17.7. The Morgan fingerprint density at radius 1 is 0.773 bits per heavy atom. The number of carbonyl (C=O) groups is 4. The van der Waals surface area contributed by atoms with Crippen molar-refractivity contribution in [3.8, 4) is 28.0 Å². The number of piperidine rings is 4. The third-order valence-electron chi connectivity index (χ3n) is 15.9. The monoisotopic (exact) mass is 1050 g/mol. The van der Waals surface area contributed by atoms with Crippen LogP contribution in [0.25, 0.3) is 22.3 Å². The molecule has 75 heavy (non-hydrogen) atoms. The van der Waals surface area contributed by atoms with E-state index in [2.05, 4.69) is 52.9 Å². The van der Waals surface area contributed by atoms with E-state index in [1.807, 2.05) is 78.7 Å². The summed E-state index contributed by atoms with van der Waals surface area (Å²) in [6.45, 7) is 9.10. The standard InChI is InChI=1S/C56H61ClN11O6P/c1-64-33-37(31-59-64)41-29-45(61-55-58-32-43(57)51(63-55)60-44-14-11-36(27-49(44)75(3,4)73)35-9-6-5-7-10-35)48(74-2)30-47(41)66-25-20-56(21-26-66)19-8-22-67(34-56)38-17-23-65(24-18-38)39-12-13-40-42(28-39)54(72)68(53(40)71)46-15-16-50(69)62-52(46)70/h5-7,9-14,27-33,38,46H,8,15-26,34H2,1-4H3,(H,62,69,70)(H2,58,60,61,63). The van der Waals surface area contributed by atoms with E-state index in [1.54, 1.807) is 38.8 Å². The summed E-state index contributed by atoms with van der Waals surface area (Å²) < 4.78 is 21.6. The third kappa shape index (κ3) is 10.0. The predicted octanol–water partition coefficient (Wildman–Crippen LogP) is 8.69. The van der Waals surface area contributed by atoms with Crippen molar-refractivity contribution in [2.24, 2.45) is 12.5 Å². The molecule has 4 amide bonds. The van der Waals surface area contributed by atoms with Crippen molar-refractivity contribution in [1.29, 1.82) is 0 Å². The Hall–Kier alpha value is -7.07. The highest BCUT2D eigenvalue weighted by Gasteiger charge is 2.45. The largest absolute Gasteiger partial charge is 0.494 e. The molecule has 4 saturated heterocycles. The number of methoxy groups -OCH3 is 1. The van der Waals surface area contributed by atoms with Gasteiger partial charge >= 0.3 is 0 Å². The van der Waals surface area contributed by atoms with Crippen LogP contribution in [-0.2, 0) is 21.2 Å². The number of hydrogen-bond acceptors (Lipinski definition) is 14. The first-order chi connectivity index (χ1) is 36.1. The molecular formula is C56H61ClN11O6P. The fourth-order valence-electron chi connectivity index (χ4n) is 11.9. The molecule has 388 valence electrons. The Balaban J connectivity index is 0.761. The second kappa shape index (κ2) is 20.2. The Labute approximate surface area is 441 Å². The zero-order valence-electron chi connectivity index (χ0n) is 42.6. The summed E-state index contributed by atoms with van der Waals surface area (Å²) in [6.07, 6.45) is 12.1. The van der Waals surface area contributed by atoms with Gasteiger partial charge in [0, 0.05) is 92.3 Å². The summed E-state index contributed by atoms with van der Waals surface area (Å²) in [6, 6.07) is 24.9. The van der Waals surface area contributed by atoms with Gasteiger partial charge in [0.15, 0.2) is 5.82 Å². The molecule has 1 unspecified atom stereocenters. The lowest BCUT2D eigenvalue weighted by molar-refractivity contribution is -0.136. The van der Waals surface area contributed by atoms with Gasteiger partial charge in [-0.3, -0.25) is 39.0 Å². The fraction of sp³-hybridized carbons (Fsp3) is 0.375.